The average molecular weight is 270 g/mol. The molecule has 1 aromatic rings. The van der Waals surface area contributed by atoms with Crippen LogP contribution in [0.1, 0.15) is 6.92 Å². The van der Waals surface area contributed by atoms with Crippen molar-refractivity contribution in [1.29, 1.82) is 0 Å². The summed E-state index contributed by atoms with van der Waals surface area (Å²) in [7, 11) is -3.58. The van der Waals surface area contributed by atoms with Crippen molar-refractivity contribution in [1.82, 2.24) is 0 Å². The van der Waals surface area contributed by atoms with Gasteiger partial charge in [-0.1, -0.05) is 23.2 Å². The summed E-state index contributed by atoms with van der Waals surface area (Å²) in [6, 6.07) is 4.49. The van der Waals surface area contributed by atoms with Crippen LogP contribution in [0.2, 0.25) is 10.0 Å². The number of benzene rings is 1. The summed E-state index contributed by atoms with van der Waals surface area (Å²) in [5, 5.41) is 0.684. The van der Waals surface area contributed by atoms with E-state index in [1.54, 1.807) is 13.0 Å². The smallest absolute Gasteiger partial charge is 0.412 e. The van der Waals surface area contributed by atoms with Crippen molar-refractivity contribution in [2.24, 2.45) is 5.50 Å². The van der Waals surface area contributed by atoms with Crippen LogP contribution in [0.25, 0.3) is 0 Å². The van der Waals surface area contributed by atoms with E-state index in [2.05, 4.69) is 0 Å². The minimum absolute atomic E-state index is 0.181. The molecule has 0 spiro atoms. The Morgan fingerprint density at radius 3 is 2.67 bits per heavy atom. The van der Waals surface area contributed by atoms with Gasteiger partial charge in [-0.25, -0.2) is 10.1 Å². The third kappa shape index (κ3) is 4.01. The molecule has 1 atom stereocenters. The molecule has 7 heteroatoms. The molecule has 4 nitrogen and oxygen atoms in total. The van der Waals surface area contributed by atoms with Gasteiger partial charge < -0.3 is 4.52 Å². The predicted octanol–water partition coefficient (Wildman–Crippen LogP) is 3.48. The maximum absolute atomic E-state index is 11.5. The molecule has 15 heavy (non-hydrogen) atoms. The Bertz CT molecular complexity index is 399. The minimum Gasteiger partial charge on any atom is -0.412 e. The second-order valence-corrected chi connectivity index (χ2v) is 4.99. The lowest BCUT2D eigenvalue weighted by Gasteiger charge is -2.14. The van der Waals surface area contributed by atoms with Crippen molar-refractivity contribution in [3.63, 3.8) is 0 Å². The van der Waals surface area contributed by atoms with Crippen LogP contribution in [0.15, 0.2) is 18.2 Å². The van der Waals surface area contributed by atoms with Crippen molar-refractivity contribution in [3.8, 4) is 5.75 Å². The Morgan fingerprint density at radius 2 is 2.13 bits per heavy atom. The van der Waals surface area contributed by atoms with Crippen LogP contribution in [0, 0.1) is 0 Å². The van der Waals surface area contributed by atoms with E-state index >= 15 is 0 Å². The minimum atomic E-state index is -3.58. The molecular weight excluding hydrogens is 260 g/mol. The van der Waals surface area contributed by atoms with E-state index in [0.717, 1.165) is 0 Å². The Kier molecular flexibility index (Phi) is 4.44. The summed E-state index contributed by atoms with van der Waals surface area (Å²) in [6.45, 7) is 1.85. The molecule has 1 aromatic carbocycles. The van der Waals surface area contributed by atoms with E-state index in [-0.39, 0.29) is 17.4 Å². The molecule has 0 amide bonds. The number of hydrogen-bond donors (Lipinski definition) is 1. The fourth-order valence-electron chi connectivity index (χ4n) is 0.893. The van der Waals surface area contributed by atoms with Crippen LogP contribution in [0.5, 0.6) is 5.75 Å². The molecule has 1 rings (SSSR count). The Hall–Kier alpha value is -0.250. The lowest BCUT2D eigenvalue weighted by atomic mass is 10.3. The van der Waals surface area contributed by atoms with Crippen LogP contribution in [-0.2, 0) is 9.09 Å². The van der Waals surface area contributed by atoms with E-state index in [4.69, 9.17) is 37.8 Å². The van der Waals surface area contributed by atoms with Gasteiger partial charge in [0, 0.05) is 5.02 Å². The highest BCUT2D eigenvalue weighted by Crippen LogP contribution is 2.42. The molecular formula is C8H10Cl2NO3P. The maximum Gasteiger partial charge on any atom is 0.456 e. The molecule has 0 fully saturated rings. The summed E-state index contributed by atoms with van der Waals surface area (Å²) in [6.07, 6.45) is 0. The van der Waals surface area contributed by atoms with Crippen molar-refractivity contribution in [2.45, 2.75) is 6.92 Å². The van der Waals surface area contributed by atoms with Gasteiger partial charge in [-0.15, -0.1) is 0 Å². The summed E-state index contributed by atoms with van der Waals surface area (Å²) in [4.78, 5) is 0. The molecule has 0 aromatic heterocycles. The summed E-state index contributed by atoms with van der Waals surface area (Å²) in [5.74, 6) is 0.181. The van der Waals surface area contributed by atoms with Gasteiger partial charge in [0.05, 0.1) is 11.6 Å². The van der Waals surface area contributed by atoms with Crippen LogP contribution in [0.3, 0.4) is 0 Å². The van der Waals surface area contributed by atoms with Gasteiger partial charge >= 0.3 is 7.75 Å². The molecule has 0 radical (unpaired) electrons. The molecule has 0 bridgehead atoms. The highest BCUT2D eigenvalue weighted by molar-refractivity contribution is 7.51. The van der Waals surface area contributed by atoms with Gasteiger partial charge in [0.1, 0.15) is 5.75 Å². The zero-order valence-corrected chi connectivity index (χ0v) is 10.4. The van der Waals surface area contributed by atoms with E-state index in [1.807, 2.05) is 0 Å². The van der Waals surface area contributed by atoms with Crippen molar-refractivity contribution >= 4 is 30.9 Å². The zero-order valence-electron chi connectivity index (χ0n) is 7.94. The lowest BCUT2D eigenvalue weighted by Crippen LogP contribution is -2.06. The largest absolute Gasteiger partial charge is 0.456 e. The van der Waals surface area contributed by atoms with Crippen molar-refractivity contribution in [3.05, 3.63) is 28.2 Å². The van der Waals surface area contributed by atoms with Crippen LogP contribution in [-0.4, -0.2) is 6.61 Å². The molecule has 2 N–H and O–H groups in total. The van der Waals surface area contributed by atoms with Crippen LogP contribution >= 0.6 is 30.9 Å². The SMILES string of the molecule is CCOP(N)(=O)Oc1ccc(Cl)cc1Cl. The fraction of sp³-hybridized carbons (Fsp3) is 0.250. The second kappa shape index (κ2) is 5.19. The number of halogens is 2. The van der Waals surface area contributed by atoms with Crippen LogP contribution in [0.4, 0.5) is 0 Å². The molecule has 0 aliphatic carbocycles. The van der Waals surface area contributed by atoms with Gasteiger partial charge in [0.25, 0.3) is 0 Å². The topological polar surface area (TPSA) is 61.5 Å². The first-order valence-corrected chi connectivity index (χ1v) is 6.49. The first-order valence-electron chi connectivity index (χ1n) is 4.12. The molecule has 0 saturated carbocycles. The Balaban J connectivity index is 2.85. The van der Waals surface area contributed by atoms with Crippen molar-refractivity contribution in [2.75, 3.05) is 6.61 Å². The van der Waals surface area contributed by atoms with Gasteiger partial charge in [-0.3, -0.25) is 4.52 Å². The Labute approximate surface area is 97.9 Å². The van der Waals surface area contributed by atoms with Gasteiger partial charge in [-0.2, -0.15) is 0 Å². The molecule has 0 aliphatic heterocycles. The monoisotopic (exact) mass is 269 g/mol. The van der Waals surface area contributed by atoms with Gasteiger partial charge in [-0.05, 0) is 25.1 Å². The van der Waals surface area contributed by atoms with E-state index in [0.29, 0.717) is 5.02 Å². The highest BCUT2D eigenvalue weighted by atomic mass is 35.5. The zero-order chi connectivity index (χ0) is 11.5. The average Bonchev–Trinajstić information content (AvgIpc) is 2.09. The summed E-state index contributed by atoms with van der Waals surface area (Å²) < 4.78 is 21.1. The van der Waals surface area contributed by atoms with E-state index < -0.39 is 7.75 Å². The third-order valence-electron chi connectivity index (χ3n) is 1.43. The first-order chi connectivity index (χ1) is 6.94. The Morgan fingerprint density at radius 1 is 1.47 bits per heavy atom. The third-order valence-corrected chi connectivity index (χ3v) is 3.03. The molecule has 0 saturated heterocycles. The number of rotatable bonds is 4. The van der Waals surface area contributed by atoms with Crippen LogP contribution < -0.4 is 10.0 Å². The fourth-order valence-corrected chi connectivity index (χ4v) is 2.24. The van der Waals surface area contributed by atoms with E-state index in [1.165, 1.54) is 12.1 Å². The molecule has 0 heterocycles. The van der Waals surface area contributed by atoms with Crippen molar-refractivity contribution < 1.29 is 13.6 Å². The normalized spacial score (nSPS) is 14.7. The molecule has 0 aliphatic rings. The number of nitrogens with two attached hydrogens (primary N) is 1. The number of hydrogen-bond acceptors (Lipinski definition) is 3. The summed E-state index contributed by atoms with van der Waals surface area (Å²) >= 11 is 11.5. The standard InChI is InChI=1S/C8H10Cl2NO3P/c1-2-13-15(11,12)14-8-4-3-6(9)5-7(8)10/h3-5H,2H2,1H3,(H2,11,12). The van der Waals surface area contributed by atoms with Gasteiger partial charge in [0.15, 0.2) is 0 Å². The van der Waals surface area contributed by atoms with Gasteiger partial charge in [0.2, 0.25) is 0 Å². The lowest BCUT2D eigenvalue weighted by molar-refractivity contribution is 0.280. The highest BCUT2D eigenvalue weighted by Gasteiger charge is 2.20. The first kappa shape index (κ1) is 12.8. The van der Waals surface area contributed by atoms with E-state index in [9.17, 15) is 4.57 Å². The molecule has 84 valence electrons. The second-order valence-electron chi connectivity index (χ2n) is 2.62. The summed E-state index contributed by atoms with van der Waals surface area (Å²) in [5.41, 5.74) is 5.29. The quantitative estimate of drug-likeness (QED) is 0.851. The maximum atomic E-state index is 11.5. The molecule has 1 unspecified atom stereocenters. The predicted molar refractivity (Wildman–Crippen MR) is 60.5 cm³/mol.